The molecule has 1 aliphatic heterocycles. The van der Waals surface area contributed by atoms with Gasteiger partial charge < -0.3 is 24.6 Å². The van der Waals surface area contributed by atoms with E-state index in [4.69, 9.17) is 9.47 Å². The summed E-state index contributed by atoms with van der Waals surface area (Å²) in [7, 11) is 1.48. The lowest BCUT2D eigenvalue weighted by Gasteiger charge is -2.28. The van der Waals surface area contributed by atoms with Crippen molar-refractivity contribution in [2.24, 2.45) is 0 Å². The van der Waals surface area contributed by atoms with Gasteiger partial charge in [-0.05, 0) is 31.2 Å². The molecular weight excluding hydrogens is 350 g/mol. The van der Waals surface area contributed by atoms with Crippen LogP contribution in [-0.4, -0.2) is 69.2 Å². The topological polar surface area (TPSA) is 88.2 Å². The van der Waals surface area contributed by atoms with Crippen molar-refractivity contribution in [2.45, 2.75) is 6.92 Å². The molecule has 1 heterocycles. The molecule has 0 bridgehead atoms. The van der Waals surface area contributed by atoms with Crippen molar-refractivity contribution in [3.63, 3.8) is 0 Å². The van der Waals surface area contributed by atoms with Gasteiger partial charge in [0.1, 0.15) is 0 Å². The van der Waals surface area contributed by atoms with Gasteiger partial charge in [-0.25, -0.2) is 4.79 Å². The normalized spacial score (nSPS) is 14.1. The molecule has 2 amide bonds. The number of allylic oxidation sites excluding steroid dienone is 1. The molecule has 1 aliphatic rings. The second-order valence-electron chi connectivity index (χ2n) is 6.05. The fourth-order valence-corrected chi connectivity index (χ4v) is 2.51. The van der Waals surface area contributed by atoms with Crippen LogP contribution in [0.2, 0.25) is 0 Å². The lowest BCUT2D eigenvalue weighted by Crippen LogP contribution is -2.37. The standard InChI is InChI=1S/C19H25N3O5/c1-3-4-19(25)27-14-18(24)21(2)13-17(23)20-15-5-7-16(8-6-15)22-9-11-26-12-10-22/h3-8H,9-14H2,1-2H3,(H,20,23)/b4-3+. The molecular formula is C19H25N3O5. The summed E-state index contributed by atoms with van der Waals surface area (Å²) < 4.78 is 10.1. The summed E-state index contributed by atoms with van der Waals surface area (Å²) >= 11 is 0. The second-order valence-corrected chi connectivity index (χ2v) is 6.05. The zero-order chi connectivity index (χ0) is 19.6. The number of carbonyl (C=O) groups excluding carboxylic acids is 3. The van der Waals surface area contributed by atoms with Gasteiger partial charge in [-0.15, -0.1) is 0 Å². The van der Waals surface area contributed by atoms with E-state index in [1.54, 1.807) is 6.92 Å². The van der Waals surface area contributed by atoms with E-state index in [0.29, 0.717) is 18.9 Å². The summed E-state index contributed by atoms with van der Waals surface area (Å²) in [5.41, 5.74) is 1.73. The smallest absolute Gasteiger partial charge is 0.330 e. The van der Waals surface area contributed by atoms with Gasteiger partial charge in [0.2, 0.25) is 5.91 Å². The van der Waals surface area contributed by atoms with Gasteiger partial charge in [-0.2, -0.15) is 0 Å². The zero-order valence-corrected chi connectivity index (χ0v) is 15.6. The number of ether oxygens (including phenoxy) is 2. The quantitative estimate of drug-likeness (QED) is 0.566. The molecule has 0 aliphatic carbocycles. The maximum atomic E-state index is 12.1. The predicted molar refractivity (Wildman–Crippen MR) is 102 cm³/mol. The highest BCUT2D eigenvalue weighted by molar-refractivity contribution is 5.95. The molecule has 146 valence electrons. The summed E-state index contributed by atoms with van der Waals surface area (Å²) in [6, 6.07) is 7.53. The van der Waals surface area contributed by atoms with Crippen molar-refractivity contribution in [3.8, 4) is 0 Å². The summed E-state index contributed by atoms with van der Waals surface area (Å²) in [5.74, 6) is -1.38. The van der Waals surface area contributed by atoms with Gasteiger partial charge in [0.25, 0.3) is 5.91 Å². The number of benzene rings is 1. The first-order valence-electron chi connectivity index (χ1n) is 8.75. The Balaban J connectivity index is 1.78. The first kappa shape index (κ1) is 20.4. The van der Waals surface area contributed by atoms with Gasteiger partial charge >= 0.3 is 5.97 Å². The van der Waals surface area contributed by atoms with Crippen molar-refractivity contribution in [3.05, 3.63) is 36.4 Å². The van der Waals surface area contributed by atoms with Crippen LogP contribution in [0.4, 0.5) is 11.4 Å². The van der Waals surface area contributed by atoms with Crippen LogP contribution in [0.1, 0.15) is 6.92 Å². The number of amides is 2. The minimum atomic E-state index is -0.593. The molecule has 0 aromatic heterocycles. The summed E-state index contributed by atoms with van der Waals surface area (Å²) in [5, 5.41) is 2.75. The van der Waals surface area contributed by atoms with E-state index in [1.807, 2.05) is 24.3 Å². The number of nitrogens with one attached hydrogen (secondary N) is 1. The maximum absolute atomic E-state index is 12.1. The molecule has 1 aromatic carbocycles. The molecule has 2 rings (SSSR count). The minimum Gasteiger partial charge on any atom is -0.452 e. The summed E-state index contributed by atoms with van der Waals surface area (Å²) in [6.07, 6.45) is 2.74. The third-order valence-corrected chi connectivity index (χ3v) is 3.97. The number of hydrogen-bond acceptors (Lipinski definition) is 6. The molecule has 0 spiro atoms. The number of morpholine rings is 1. The SMILES string of the molecule is C/C=C/C(=O)OCC(=O)N(C)CC(=O)Nc1ccc(N2CCOCC2)cc1. The number of likely N-dealkylation sites (N-methyl/N-ethyl adjacent to an activating group) is 1. The molecule has 27 heavy (non-hydrogen) atoms. The lowest BCUT2D eigenvalue weighted by molar-refractivity contribution is -0.148. The first-order chi connectivity index (χ1) is 13.0. The largest absolute Gasteiger partial charge is 0.452 e. The molecule has 0 unspecified atom stereocenters. The average molecular weight is 375 g/mol. The number of nitrogens with zero attached hydrogens (tertiary/aromatic N) is 2. The summed E-state index contributed by atoms with van der Waals surface area (Å²) in [6.45, 7) is 4.25. The first-order valence-corrected chi connectivity index (χ1v) is 8.75. The third-order valence-electron chi connectivity index (χ3n) is 3.97. The van der Waals surface area contributed by atoms with Crippen LogP contribution in [0.3, 0.4) is 0 Å². The Bertz CT molecular complexity index is 681. The van der Waals surface area contributed by atoms with Crippen molar-refractivity contribution < 1.29 is 23.9 Å². The average Bonchev–Trinajstić information content (AvgIpc) is 2.67. The van der Waals surface area contributed by atoms with Crippen LogP contribution < -0.4 is 10.2 Å². The number of hydrogen-bond donors (Lipinski definition) is 1. The van der Waals surface area contributed by atoms with Crippen LogP contribution >= 0.6 is 0 Å². The highest BCUT2D eigenvalue weighted by Gasteiger charge is 2.15. The van der Waals surface area contributed by atoms with E-state index >= 15 is 0 Å². The van der Waals surface area contributed by atoms with E-state index < -0.39 is 18.5 Å². The Labute approximate surface area is 158 Å². The molecule has 1 fully saturated rings. The number of carbonyl (C=O) groups is 3. The van der Waals surface area contributed by atoms with Crippen LogP contribution in [-0.2, 0) is 23.9 Å². The van der Waals surface area contributed by atoms with Crippen molar-refractivity contribution in [1.82, 2.24) is 4.90 Å². The van der Waals surface area contributed by atoms with Crippen LogP contribution in [0.15, 0.2) is 36.4 Å². The molecule has 0 atom stereocenters. The van der Waals surface area contributed by atoms with Gasteiger partial charge in [0.05, 0.1) is 19.8 Å². The van der Waals surface area contributed by atoms with E-state index in [9.17, 15) is 14.4 Å². The molecule has 1 saturated heterocycles. The number of rotatable bonds is 7. The molecule has 0 radical (unpaired) electrons. The molecule has 1 aromatic rings. The fourth-order valence-electron chi connectivity index (χ4n) is 2.51. The number of anilines is 2. The maximum Gasteiger partial charge on any atom is 0.330 e. The van der Waals surface area contributed by atoms with E-state index in [-0.39, 0.29) is 12.5 Å². The molecule has 8 heteroatoms. The molecule has 1 N–H and O–H groups in total. The second kappa shape index (κ2) is 10.3. The van der Waals surface area contributed by atoms with E-state index in [0.717, 1.165) is 18.8 Å². The fraction of sp³-hybridized carbons (Fsp3) is 0.421. The van der Waals surface area contributed by atoms with Gasteiger partial charge in [-0.3, -0.25) is 9.59 Å². The van der Waals surface area contributed by atoms with Crippen molar-refractivity contribution >= 4 is 29.2 Å². The minimum absolute atomic E-state index is 0.134. The van der Waals surface area contributed by atoms with Gasteiger partial charge in [-0.1, -0.05) is 6.08 Å². The molecule has 0 saturated carbocycles. The van der Waals surface area contributed by atoms with Crippen molar-refractivity contribution in [1.29, 1.82) is 0 Å². The van der Waals surface area contributed by atoms with Crippen molar-refractivity contribution in [2.75, 3.05) is 56.7 Å². The monoisotopic (exact) mass is 375 g/mol. The van der Waals surface area contributed by atoms with Crippen LogP contribution in [0.5, 0.6) is 0 Å². The van der Waals surface area contributed by atoms with E-state index in [1.165, 1.54) is 24.1 Å². The Morgan fingerprint density at radius 2 is 1.89 bits per heavy atom. The third kappa shape index (κ3) is 6.74. The Morgan fingerprint density at radius 3 is 2.52 bits per heavy atom. The predicted octanol–water partition coefficient (Wildman–Crippen LogP) is 1.04. The van der Waals surface area contributed by atoms with Gasteiger partial charge in [0.15, 0.2) is 6.61 Å². The number of esters is 1. The Kier molecular flexibility index (Phi) is 7.81. The Hall–Kier alpha value is -2.87. The highest BCUT2D eigenvalue weighted by atomic mass is 16.5. The van der Waals surface area contributed by atoms with Crippen LogP contribution in [0.25, 0.3) is 0 Å². The van der Waals surface area contributed by atoms with E-state index in [2.05, 4.69) is 10.2 Å². The highest BCUT2D eigenvalue weighted by Crippen LogP contribution is 2.19. The zero-order valence-electron chi connectivity index (χ0n) is 15.6. The molecule has 8 nitrogen and oxygen atoms in total. The van der Waals surface area contributed by atoms with Crippen LogP contribution in [0, 0.1) is 0 Å². The Morgan fingerprint density at radius 1 is 1.22 bits per heavy atom. The lowest BCUT2D eigenvalue weighted by atomic mass is 10.2. The summed E-state index contributed by atoms with van der Waals surface area (Å²) in [4.78, 5) is 38.6. The van der Waals surface area contributed by atoms with Gasteiger partial charge in [0, 0.05) is 37.6 Å².